The van der Waals surface area contributed by atoms with E-state index >= 15 is 0 Å². The first-order valence-electron chi connectivity index (χ1n) is 5.22. The maximum absolute atomic E-state index is 8.91. The Balaban J connectivity index is 1.97. The van der Waals surface area contributed by atoms with Gasteiger partial charge in [-0.25, -0.2) is 4.98 Å². The fraction of sp³-hybridized carbons (Fsp3) is 0.250. The molecule has 0 aliphatic heterocycles. The Kier molecular flexibility index (Phi) is 3.22. The van der Waals surface area contributed by atoms with Crippen molar-refractivity contribution in [1.29, 1.82) is 0 Å². The van der Waals surface area contributed by atoms with Crippen LogP contribution in [0.2, 0.25) is 0 Å². The third-order valence-corrected chi connectivity index (χ3v) is 2.53. The number of imidazole rings is 1. The van der Waals surface area contributed by atoms with E-state index in [1.165, 1.54) is 0 Å². The van der Waals surface area contributed by atoms with Crippen LogP contribution in [-0.2, 0) is 13.2 Å². The Bertz CT molecular complexity index is 448. The molecule has 3 N–H and O–H groups in total. The highest BCUT2D eigenvalue weighted by atomic mass is 16.3. The molecule has 0 amide bonds. The molecule has 84 valence electrons. The predicted octanol–water partition coefficient (Wildman–Crippen LogP) is 1.82. The lowest BCUT2D eigenvalue weighted by atomic mass is 10.2. The minimum absolute atomic E-state index is 0.0821. The van der Waals surface area contributed by atoms with Crippen LogP contribution in [0.15, 0.2) is 30.6 Å². The molecule has 16 heavy (non-hydrogen) atoms. The molecule has 0 radical (unpaired) electrons. The minimum atomic E-state index is 0.0821. The molecule has 0 spiro atoms. The molecule has 0 atom stereocenters. The Morgan fingerprint density at radius 3 is 2.62 bits per heavy atom. The number of aryl methyl sites for hydroxylation is 1. The van der Waals surface area contributed by atoms with E-state index in [0.29, 0.717) is 6.54 Å². The van der Waals surface area contributed by atoms with E-state index in [0.717, 1.165) is 22.6 Å². The molecule has 0 saturated heterocycles. The molecule has 1 aromatic heterocycles. The summed E-state index contributed by atoms with van der Waals surface area (Å²) in [5.41, 5.74) is 4.05. The average molecular weight is 217 g/mol. The fourth-order valence-electron chi connectivity index (χ4n) is 1.48. The van der Waals surface area contributed by atoms with E-state index in [1.807, 2.05) is 31.2 Å². The zero-order valence-electron chi connectivity index (χ0n) is 9.20. The standard InChI is InChI=1S/C12H15N3O/c1-9-12(15-8-14-9)6-13-11-4-2-10(7-16)3-5-11/h2-5,8,13,16H,6-7H2,1H3,(H,14,15). The molecule has 4 nitrogen and oxygen atoms in total. The summed E-state index contributed by atoms with van der Waals surface area (Å²) in [6.07, 6.45) is 1.70. The van der Waals surface area contributed by atoms with Gasteiger partial charge in [0.2, 0.25) is 0 Å². The summed E-state index contributed by atoms with van der Waals surface area (Å²) >= 11 is 0. The van der Waals surface area contributed by atoms with Gasteiger partial charge in [0.1, 0.15) is 0 Å². The fourth-order valence-corrected chi connectivity index (χ4v) is 1.48. The molecule has 0 fully saturated rings. The third-order valence-electron chi connectivity index (χ3n) is 2.53. The second kappa shape index (κ2) is 4.81. The summed E-state index contributed by atoms with van der Waals surface area (Å²) in [5.74, 6) is 0. The van der Waals surface area contributed by atoms with Crippen molar-refractivity contribution in [1.82, 2.24) is 9.97 Å². The smallest absolute Gasteiger partial charge is 0.0925 e. The average Bonchev–Trinajstić information content (AvgIpc) is 2.73. The van der Waals surface area contributed by atoms with Gasteiger partial charge in [-0.15, -0.1) is 0 Å². The highest BCUT2D eigenvalue weighted by molar-refractivity contribution is 5.44. The number of aromatic amines is 1. The number of hydrogen-bond donors (Lipinski definition) is 3. The molecular formula is C12H15N3O. The Morgan fingerprint density at radius 2 is 2.06 bits per heavy atom. The molecule has 2 rings (SSSR count). The van der Waals surface area contributed by atoms with Crippen LogP contribution in [0.1, 0.15) is 17.0 Å². The van der Waals surface area contributed by atoms with Gasteiger partial charge < -0.3 is 15.4 Å². The molecule has 0 saturated carbocycles. The topological polar surface area (TPSA) is 60.9 Å². The summed E-state index contributed by atoms with van der Waals surface area (Å²) in [6, 6.07) is 7.71. The van der Waals surface area contributed by atoms with Crippen molar-refractivity contribution in [3.8, 4) is 0 Å². The molecule has 0 unspecified atom stereocenters. The van der Waals surface area contributed by atoms with Crippen molar-refractivity contribution in [2.24, 2.45) is 0 Å². The maximum atomic E-state index is 8.91. The number of benzene rings is 1. The number of aliphatic hydroxyl groups excluding tert-OH is 1. The summed E-state index contributed by atoms with van der Waals surface area (Å²) in [4.78, 5) is 7.25. The lowest BCUT2D eigenvalue weighted by Crippen LogP contribution is -2.01. The molecule has 1 aromatic carbocycles. The van der Waals surface area contributed by atoms with E-state index in [2.05, 4.69) is 15.3 Å². The van der Waals surface area contributed by atoms with E-state index < -0.39 is 0 Å². The predicted molar refractivity (Wildman–Crippen MR) is 63.0 cm³/mol. The molecule has 2 aromatic rings. The van der Waals surface area contributed by atoms with E-state index in [-0.39, 0.29) is 6.61 Å². The normalized spacial score (nSPS) is 10.4. The van der Waals surface area contributed by atoms with Crippen LogP contribution in [0.5, 0.6) is 0 Å². The highest BCUT2D eigenvalue weighted by Gasteiger charge is 2.00. The summed E-state index contributed by atoms with van der Waals surface area (Å²) in [7, 11) is 0. The number of nitrogens with one attached hydrogen (secondary N) is 2. The quantitative estimate of drug-likeness (QED) is 0.732. The first-order valence-corrected chi connectivity index (χ1v) is 5.22. The highest BCUT2D eigenvalue weighted by Crippen LogP contribution is 2.11. The lowest BCUT2D eigenvalue weighted by Gasteiger charge is -2.05. The number of H-pyrrole nitrogens is 1. The van der Waals surface area contributed by atoms with Crippen LogP contribution >= 0.6 is 0 Å². The van der Waals surface area contributed by atoms with Gasteiger partial charge in [-0.05, 0) is 24.6 Å². The second-order valence-corrected chi connectivity index (χ2v) is 3.68. The number of anilines is 1. The van der Waals surface area contributed by atoms with Crippen LogP contribution in [-0.4, -0.2) is 15.1 Å². The van der Waals surface area contributed by atoms with Gasteiger partial charge in [0, 0.05) is 11.4 Å². The number of aliphatic hydroxyl groups is 1. The van der Waals surface area contributed by atoms with E-state index in [4.69, 9.17) is 5.11 Å². The number of nitrogens with zero attached hydrogens (tertiary/aromatic N) is 1. The summed E-state index contributed by atoms with van der Waals surface area (Å²) < 4.78 is 0. The van der Waals surface area contributed by atoms with Crippen LogP contribution in [0.4, 0.5) is 5.69 Å². The number of hydrogen-bond acceptors (Lipinski definition) is 3. The minimum Gasteiger partial charge on any atom is -0.392 e. The van der Waals surface area contributed by atoms with Crippen LogP contribution in [0.3, 0.4) is 0 Å². The third kappa shape index (κ3) is 2.41. The SMILES string of the molecule is Cc1[nH]cnc1CNc1ccc(CO)cc1. The second-order valence-electron chi connectivity index (χ2n) is 3.68. The van der Waals surface area contributed by atoms with Gasteiger partial charge in [0.05, 0.1) is 25.2 Å². The molecule has 0 aliphatic rings. The van der Waals surface area contributed by atoms with Gasteiger partial charge in [0.25, 0.3) is 0 Å². The molecule has 0 bridgehead atoms. The van der Waals surface area contributed by atoms with Crippen molar-refractivity contribution in [2.45, 2.75) is 20.1 Å². The number of aromatic nitrogens is 2. The van der Waals surface area contributed by atoms with Crippen LogP contribution in [0, 0.1) is 6.92 Å². The molecule has 0 aliphatic carbocycles. The maximum Gasteiger partial charge on any atom is 0.0925 e. The molecular weight excluding hydrogens is 202 g/mol. The number of rotatable bonds is 4. The first kappa shape index (κ1) is 10.7. The lowest BCUT2D eigenvalue weighted by molar-refractivity contribution is 0.282. The van der Waals surface area contributed by atoms with Gasteiger partial charge in [-0.3, -0.25) is 0 Å². The summed E-state index contributed by atoms with van der Waals surface area (Å²) in [6.45, 7) is 2.78. The monoisotopic (exact) mass is 217 g/mol. The zero-order valence-corrected chi connectivity index (χ0v) is 9.20. The van der Waals surface area contributed by atoms with Gasteiger partial charge in [0.15, 0.2) is 0 Å². The van der Waals surface area contributed by atoms with Crippen LogP contribution in [0.25, 0.3) is 0 Å². The van der Waals surface area contributed by atoms with E-state index in [1.54, 1.807) is 6.33 Å². The van der Waals surface area contributed by atoms with Crippen molar-refractivity contribution < 1.29 is 5.11 Å². The Hall–Kier alpha value is -1.81. The van der Waals surface area contributed by atoms with E-state index in [9.17, 15) is 0 Å². The Morgan fingerprint density at radius 1 is 1.31 bits per heavy atom. The van der Waals surface area contributed by atoms with Crippen molar-refractivity contribution in [3.05, 3.63) is 47.5 Å². The summed E-state index contributed by atoms with van der Waals surface area (Å²) in [5, 5.41) is 12.2. The van der Waals surface area contributed by atoms with Crippen LogP contribution < -0.4 is 5.32 Å². The largest absolute Gasteiger partial charge is 0.392 e. The van der Waals surface area contributed by atoms with Crippen molar-refractivity contribution in [2.75, 3.05) is 5.32 Å². The Labute approximate surface area is 94.4 Å². The van der Waals surface area contributed by atoms with Gasteiger partial charge in [-0.2, -0.15) is 0 Å². The molecule has 4 heteroatoms. The molecule has 1 heterocycles. The first-order chi connectivity index (χ1) is 7.79. The van der Waals surface area contributed by atoms with Crippen molar-refractivity contribution in [3.63, 3.8) is 0 Å². The van der Waals surface area contributed by atoms with Gasteiger partial charge >= 0.3 is 0 Å². The van der Waals surface area contributed by atoms with Gasteiger partial charge in [-0.1, -0.05) is 12.1 Å². The zero-order chi connectivity index (χ0) is 11.4. The van der Waals surface area contributed by atoms with Crippen molar-refractivity contribution >= 4 is 5.69 Å².